The quantitative estimate of drug-likeness (QED) is 0.169. The largest absolute Gasteiger partial charge is 0.444 e. The first kappa shape index (κ1) is 36.0. The number of hydrogen-bond acceptors (Lipinski definition) is 10. The molecule has 1 atom stereocenters. The molecule has 1 saturated heterocycles. The van der Waals surface area contributed by atoms with Crippen molar-refractivity contribution in [2.24, 2.45) is 0 Å². The van der Waals surface area contributed by atoms with Crippen LogP contribution in [0.3, 0.4) is 0 Å². The normalized spacial score (nSPS) is 14.8. The Morgan fingerprint density at radius 1 is 1.04 bits per heavy atom. The third-order valence-electron chi connectivity index (χ3n) is 8.36. The van der Waals surface area contributed by atoms with Crippen molar-refractivity contribution in [2.75, 3.05) is 29.0 Å². The summed E-state index contributed by atoms with van der Waals surface area (Å²) in [6, 6.07) is 19.3. The van der Waals surface area contributed by atoms with E-state index in [4.69, 9.17) is 14.5 Å². The first-order chi connectivity index (χ1) is 24.7. The van der Waals surface area contributed by atoms with Crippen molar-refractivity contribution in [2.45, 2.75) is 52.2 Å². The average molecular weight is 724 g/mol. The highest BCUT2D eigenvalue weighted by Crippen LogP contribution is 2.43. The van der Waals surface area contributed by atoms with Crippen LogP contribution < -0.4 is 14.4 Å². The van der Waals surface area contributed by atoms with Gasteiger partial charge in [-0.3, -0.25) is 0 Å². The van der Waals surface area contributed by atoms with Crippen LogP contribution in [0.15, 0.2) is 79.1 Å². The lowest BCUT2D eigenvalue weighted by Gasteiger charge is -2.34. The van der Waals surface area contributed by atoms with E-state index in [1.54, 1.807) is 59.8 Å². The molecule has 1 N–H and O–H groups in total. The Labute approximate surface area is 301 Å². The van der Waals surface area contributed by atoms with Gasteiger partial charge in [0.1, 0.15) is 28.9 Å². The van der Waals surface area contributed by atoms with Crippen LogP contribution in [0.2, 0.25) is 0 Å². The van der Waals surface area contributed by atoms with Gasteiger partial charge in [0.2, 0.25) is 21.9 Å². The topological polar surface area (TPSA) is 151 Å². The van der Waals surface area contributed by atoms with E-state index in [-0.39, 0.29) is 40.3 Å². The van der Waals surface area contributed by atoms with Crippen LogP contribution in [-0.4, -0.2) is 65.4 Å². The van der Waals surface area contributed by atoms with E-state index in [0.29, 0.717) is 47.0 Å². The number of aryl methyl sites for hydroxylation is 1. The van der Waals surface area contributed by atoms with Crippen molar-refractivity contribution in [3.63, 3.8) is 0 Å². The molecule has 0 spiro atoms. The van der Waals surface area contributed by atoms with Crippen molar-refractivity contribution < 1.29 is 27.1 Å². The number of carbonyl (C=O) groups is 1. The first-order valence-corrected chi connectivity index (χ1v) is 18.5. The predicted octanol–water partition coefficient (Wildman–Crippen LogP) is 7.71. The summed E-state index contributed by atoms with van der Waals surface area (Å²) in [6.07, 6.45) is 5.40. The lowest BCUT2D eigenvalue weighted by atomic mass is 10.0. The van der Waals surface area contributed by atoms with Crippen LogP contribution in [0.5, 0.6) is 11.6 Å². The highest BCUT2D eigenvalue weighted by atomic mass is 32.2. The molecule has 14 heteroatoms. The molecular formula is C38H38FN7O5S. The Bertz CT molecular complexity index is 2310. The molecule has 0 radical (unpaired) electrons. The molecule has 3 heterocycles. The minimum Gasteiger partial charge on any atom is -0.444 e. The number of anilines is 3. The maximum absolute atomic E-state index is 15.8. The molecule has 6 rings (SSSR count). The second kappa shape index (κ2) is 14.4. The van der Waals surface area contributed by atoms with Crippen LogP contribution in [0.1, 0.15) is 44.7 Å². The summed E-state index contributed by atoms with van der Waals surface area (Å²) >= 11 is 0. The van der Waals surface area contributed by atoms with Gasteiger partial charge in [-0.15, -0.1) is 0 Å². The fraction of sp³-hybridized carbons (Fsp3) is 0.289. The number of carbonyl (C=O) groups excluding carboxylic acids is 1. The lowest BCUT2D eigenvalue weighted by molar-refractivity contribution is 0.0206. The average Bonchev–Trinajstić information content (AvgIpc) is 3.10. The molecule has 12 nitrogen and oxygen atoms in total. The molecule has 0 bridgehead atoms. The number of pyridine rings is 1. The Kier molecular flexibility index (Phi) is 9.99. The maximum Gasteiger partial charge on any atom is 0.410 e. The van der Waals surface area contributed by atoms with Gasteiger partial charge < -0.3 is 19.7 Å². The van der Waals surface area contributed by atoms with Crippen molar-refractivity contribution in [3.05, 3.63) is 96.1 Å². The molecule has 0 saturated carbocycles. The van der Waals surface area contributed by atoms with Crippen LogP contribution in [0.4, 0.5) is 26.5 Å². The van der Waals surface area contributed by atoms with E-state index < -0.39 is 21.4 Å². The fourth-order valence-electron chi connectivity index (χ4n) is 6.11. The molecule has 2 aromatic heterocycles. The number of para-hydroxylation sites is 1. The molecule has 0 aliphatic carbocycles. The number of hydrogen-bond donors (Lipinski definition) is 1. The summed E-state index contributed by atoms with van der Waals surface area (Å²) in [7, 11) is -4.13. The van der Waals surface area contributed by atoms with E-state index in [9.17, 15) is 18.5 Å². The third-order valence-corrected chi connectivity index (χ3v) is 9.40. The molecule has 1 unspecified atom stereocenters. The zero-order chi connectivity index (χ0) is 37.2. The van der Waals surface area contributed by atoms with Gasteiger partial charge in [-0.1, -0.05) is 24.3 Å². The van der Waals surface area contributed by atoms with E-state index in [1.165, 1.54) is 24.3 Å². The summed E-state index contributed by atoms with van der Waals surface area (Å²) in [4.78, 5) is 28.1. The lowest BCUT2D eigenvalue weighted by Crippen LogP contribution is -2.47. The molecular weight excluding hydrogens is 686 g/mol. The summed E-state index contributed by atoms with van der Waals surface area (Å²) < 4.78 is 55.2. The van der Waals surface area contributed by atoms with Crippen molar-refractivity contribution in [3.8, 4) is 29.0 Å². The number of nitrogens with zero attached hydrogens (tertiary/aromatic N) is 6. The van der Waals surface area contributed by atoms with Gasteiger partial charge in [-0.05, 0) is 88.6 Å². The fourth-order valence-corrected chi connectivity index (χ4v) is 7.14. The number of amides is 1. The molecule has 1 aliphatic rings. The standard InChI is InChI=1S/C38H38FN7O5S/c1-24-14-15-27-28(16-17-30(39)33(27)46(52(5,48)49)32-13-7-6-10-25(32)22-40)34(24)50-35-29(12-8-19-41-35)31-18-20-42-36(44-31)43-26-11-9-21-45(23-26)37(47)51-38(2,3)4/h6-8,10,12-20,26H,9,11,21,23H2,1-5H3,(H,42,43,44). The molecule has 5 aromatic rings. The second-order valence-corrected chi connectivity index (χ2v) is 15.3. The molecule has 1 fully saturated rings. The Hall–Kier alpha value is -5.81. The van der Waals surface area contributed by atoms with E-state index >= 15 is 4.39 Å². The summed E-state index contributed by atoms with van der Waals surface area (Å²) in [6.45, 7) is 8.37. The van der Waals surface area contributed by atoms with Crippen LogP contribution in [-0.2, 0) is 14.8 Å². The molecule has 1 amide bonds. The van der Waals surface area contributed by atoms with Gasteiger partial charge in [-0.2, -0.15) is 5.26 Å². The molecule has 1 aliphatic heterocycles. The van der Waals surface area contributed by atoms with Gasteiger partial charge in [-0.25, -0.2) is 36.9 Å². The number of sulfonamides is 1. The van der Waals surface area contributed by atoms with Gasteiger partial charge >= 0.3 is 6.09 Å². The van der Waals surface area contributed by atoms with Crippen LogP contribution in [0.25, 0.3) is 22.0 Å². The van der Waals surface area contributed by atoms with Gasteiger partial charge in [0.05, 0.1) is 28.8 Å². The summed E-state index contributed by atoms with van der Waals surface area (Å²) in [5, 5.41) is 13.8. The number of benzene rings is 3. The molecule has 268 valence electrons. The second-order valence-electron chi connectivity index (χ2n) is 13.5. The summed E-state index contributed by atoms with van der Waals surface area (Å²) in [5.74, 6) is 0.102. The Balaban J connectivity index is 1.34. The number of fused-ring (bicyclic) bond motifs is 1. The van der Waals surface area contributed by atoms with E-state index in [0.717, 1.165) is 23.4 Å². The Morgan fingerprint density at radius 3 is 2.56 bits per heavy atom. The van der Waals surface area contributed by atoms with Crippen LogP contribution >= 0.6 is 0 Å². The highest BCUT2D eigenvalue weighted by Gasteiger charge is 2.30. The number of aromatic nitrogens is 3. The zero-order valence-electron chi connectivity index (χ0n) is 29.4. The first-order valence-electron chi connectivity index (χ1n) is 16.7. The van der Waals surface area contributed by atoms with Crippen molar-refractivity contribution >= 4 is 44.2 Å². The number of halogens is 1. The van der Waals surface area contributed by atoms with Crippen molar-refractivity contribution in [1.29, 1.82) is 5.26 Å². The maximum atomic E-state index is 15.8. The number of rotatable bonds is 8. The van der Waals surface area contributed by atoms with E-state index in [1.807, 2.05) is 33.8 Å². The SMILES string of the molecule is Cc1ccc2c(N(c3ccccc3C#N)S(C)(=O)=O)c(F)ccc2c1Oc1ncccc1-c1ccnc(NC2CCCN(C(=O)OC(C)(C)C)C2)n1. The number of piperidine rings is 1. The van der Waals surface area contributed by atoms with Gasteiger partial charge in [0.15, 0.2) is 0 Å². The van der Waals surface area contributed by atoms with Crippen LogP contribution in [0, 0.1) is 24.1 Å². The monoisotopic (exact) mass is 723 g/mol. The van der Waals surface area contributed by atoms with E-state index in [2.05, 4.69) is 15.3 Å². The van der Waals surface area contributed by atoms with Gasteiger partial charge in [0.25, 0.3) is 0 Å². The van der Waals surface area contributed by atoms with Crippen molar-refractivity contribution in [1.82, 2.24) is 19.9 Å². The third kappa shape index (κ3) is 7.74. The minimum absolute atomic E-state index is 0.0212. The predicted molar refractivity (Wildman–Crippen MR) is 197 cm³/mol. The molecule has 3 aromatic carbocycles. The molecule has 52 heavy (non-hydrogen) atoms. The van der Waals surface area contributed by atoms with Gasteiger partial charge in [0, 0.05) is 42.3 Å². The minimum atomic E-state index is -4.13. The number of likely N-dealkylation sites (tertiary alicyclic amines) is 1. The summed E-state index contributed by atoms with van der Waals surface area (Å²) in [5.41, 5.74) is 0.992. The highest BCUT2D eigenvalue weighted by molar-refractivity contribution is 7.92. The number of nitriles is 1. The zero-order valence-corrected chi connectivity index (χ0v) is 30.2. The number of nitrogens with one attached hydrogen (secondary N) is 1. The number of ether oxygens (including phenoxy) is 2. The Morgan fingerprint density at radius 2 is 1.81 bits per heavy atom. The smallest absolute Gasteiger partial charge is 0.410 e.